The molecule has 0 radical (unpaired) electrons. The summed E-state index contributed by atoms with van der Waals surface area (Å²) in [6.07, 6.45) is -4.25. The molecule has 1 aromatic rings. The molecule has 5 heteroatoms. The average molecular weight is 249 g/mol. The molecule has 0 saturated carbocycles. The van der Waals surface area contributed by atoms with E-state index in [1.807, 2.05) is 19.9 Å². The van der Waals surface area contributed by atoms with Gasteiger partial charge in [-0.15, -0.1) is 11.8 Å². The molecule has 0 saturated heterocycles. The van der Waals surface area contributed by atoms with Crippen LogP contribution in [0.25, 0.3) is 0 Å². The van der Waals surface area contributed by atoms with Crippen LogP contribution in [0.15, 0.2) is 23.1 Å². The first-order valence-electron chi connectivity index (χ1n) is 4.85. The third kappa shape index (κ3) is 3.42. The maximum atomic E-state index is 12.5. The Hall–Kier alpha value is -0.680. The van der Waals surface area contributed by atoms with Crippen LogP contribution in [0, 0.1) is 13.8 Å². The maximum absolute atomic E-state index is 12.5. The van der Waals surface area contributed by atoms with Crippen LogP contribution < -0.4 is 5.73 Å². The van der Waals surface area contributed by atoms with E-state index in [0.29, 0.717) is 4.90 Å². The normalized spacial score (nSPS) is 13.9. The van der Waals surface area contributed by atoms with Crippen molar-refractivity contribution in [2.24, 2.45) is 5.73 Å². The summed E-state index contributed by atoms with van der Waals surface area (Å²) in [5.41, 5.74) is 7.19. The van der Waals surface area contributed by atoms with Crippen molar-refractivity contribution in [2.75, 3.05) is 6.54 Å². The van der Waals surface area contributed by atoms with Gasteiger partial charge >= 0.3 is 6.18 Å². The second-order valence-corrected chi connectivity index (χ2v) is 4.91. The van der Waals surface area contributed by atoms with Gasteiger partial charge in [-0.1, -0.05) is 6.07 Å². The van der Waals surface area contributed by atoms with Crippen molar-refractivity contribution in [2.45, 2.75) is 30.2 Å². The highest BCUT2D eigenvalue weighted by atomic mass is 32.2. The number of nitrogens with two attached hydrogens (primary N) is 1. The molecule has 0 aromatic heterocycles. The Bertz CT molecular complexity index is 363. The molecule has 0 aliphatic rings. The first-order valence-corrected chi connectivity index (χ1v) is 5.73. The number of aryl methyl sites for hydroxylation is 2. The highest BCUT2D eigenvalue weighted by Crippen LogP contribution is 2.35. The lowest BCUT2D eigenvalue weighted by Crippen LogP contribution is -2.32. The van der Waals surface area contributed by atoms with E-state index in [1.165, 1.54) is 0 Å². The van der Waals surface area contributed by atoms with Gasteiger partial charge in [-0.2, -0.15) is 13.2 Å². The lowest BCUT2D eigenvalue weighted by molar-refractivity contribution is -0.126. The molecule has 1 aromatic carbocycles. The number of hydrogen-bond donors (Lipinski definition) is 1. The summed E-state index contributed by atoms with van der Waals surface area (Å²) >= 11 is 0.769. The molecule has 0 amide bonds. The maximum Gasteiger partial charge on any atom is 0.402 e. The van der Waals surface area contributed by atoms with Gasteiger partial charge in [-0.3, -0.25) is 0 Å². The summed E-state index contributed by atoms with van der Waals surface area (Å²) in [4.78, 5) is 0.607. The third-order valence-corrected chi connectivity index (χ3v) is 3.61. The predicted molar refractivity (Wildman–Crippen MR) is 60.7 cm³/mol. The average Bonchev–Trinajstić information content (AvgIpc) is 2.18. The van der Waals surface area contributed by atoms with Crippen LogP contribution in [0.2, 0.25) is 0 Å². The number of benzene rings is 1. The molecular formula is C11H14F3NS. The Kier molecular flexibility index (Phi) is 4.27. The summed E-state index contributed by atoms with van der Waals surface area (Å²) in [5.74, 6) is 0. The molecule has 0 aliphatic carbocycles. The Labute approximate surface area is 97.2 Å². The van der Waals surface area contributed by atoms with Gasteiger partial charge < -0.3 is 5.73 Å². The summed E-state index contributed by atoms with van der Waals surface area (Å²) in [7, 11) is 0. The molecule has 0 spiro atoms. The molecule has 0 heterocycles. The Morgan fingerprint density at radius 2 is 1.88 bits per heavy atom. The zero-order chi connectivity index (χ0) is 12.3. The largest absolute Gasteiger partial charge is 0.402 e. The van der Waals surface area contributed by atoms with Crippen LogP contribution in [0.3, 0.4) is 0 Å². The quantitative estimate of drug-likeness (QED) is 0.832. The van der Waals surface area contributed by atoms with Gasteiger partial charge in [0.1, 0.15) is 5.25 Å². The highest BCUT2D eigenvalue weighted by molar-refractivity contribution is 8.00. The number of hydrogen-bond acceptors (Lipinski definition) is 2. The van der Waals surface area contributed by atoms with E-state index in [9.17, 15) is 13.2 Å². The number of alkyl halides is 3. The minimum Gasteiger partial charge on any atom is -0.329 e. The fourth-order valence-corrected chi connectivity index (χ4v) is 2.15. The lowest BCUT2D eigenvalue weighted by atomic mass is 10.1. The molecule has 0 bridgehead atoms. The number of halogens is 3. The standard InChI is InChI=1S/C11H14F3NS/c1-7-3-4-9(5-8(7)2)16-10(6-15)11(12,13)14/h3-5,10H,6,15H2,1-2H3. The van der Waals surface area contributed by atoms with Crippen molar-refractivity contribution in [3.63, 3.8) is 0 Å². The summed E-state index contributed by atoms with van der Waals surface area (Å²) < 4.78 is 37.5. The topological polar surface area (TPSA) is 26.0 Å². The van der Waals surface area contributed by atoms with Gasteiger partial charge in [0, 0.05) is 11.4 Å². The van der Waals surface area contributed by atoms with E-state index in [0.717, 1.165) is 22.9 Å². The van der Waals surface area contributed by atoms with Gasteiger partial charge in [0.2, 0.25) is 0 Å². The van der Waals surface area contributed by atoms with Crippen LogP contribution in [0.1, 0.15) is 11.1 Å². The van der Waals surface area contributed by atoms with Crippen molar-refractivity contribution in [3.8, 4) is 0 Å². The zero-order valence-electron chi connectivity index (χ0n) is 9.14. The third-order valence-electron chi connectivity index (χ3n) is 2.34. The van der Waals surface area contributed by atoms with Crippen molar-refractivity contribution in [1.82, 2.24) is 0 Å². The van der Waals surface area contributed by atoms with E-state index in [4.69, 9.17) is 5.73 Å². The SMILES string of the molecule is Cc1ccc(SC(CN)C(F)(F)F)cc1C. The number of thioether (sulfide) groups is 1. The highest BCUT2D eigenvalue weighted by Gasteiger charge is 2.39. The summed E-state index contributed by atoms with van der Waals surface area (Å²) in [6.45, 7) is 3.40. The Morgan fingerprint density at radius 3 is 2.31 bits per heavy atom. The molecule has 1 atom stereocenters. The molecule has 0 aliphatic heterocycles. The minimum atomic E-state index is -4.25. The van der Waals surface area contributed by atoms with Gasteiger partial charge in [0.25, 0.3) is 0 Å². The van der Waals surface area contributed by atoms with Crippen LogP contribution in [-0.2, 0) is 0 Å². The zero-order valence-corrected chi connectivity index (χ0v) is 9.95. The van der Waals surface area contributed by atoms with E-state index in [2.05, 4.69) is 0 Å². The van der Waals surface area contributed by atoms with E-state index < -0.39 is 18.0 Å². The smallest absolute Gasteiger partial charge is 0.329 e. The van der Waals surface area contributed by atoms with E-state index >= 15 is 0 Å². The van der Waals surface area contributed by atoms with Gasteiger partial charge in [-0.05, 0) is 37.1 Å². The summed E-state index contributed by atoms with van der Waals surface area (Å²) in [5, 5.41) is -1.53. The molecule has 1 unspecified atom stereocenters. The predicted octanol–water partition coefficient (Wildman–Crippen LogP) is 3.29. The monoisotopic (exact) mass is 249 g/mol. The molecule has 0 fully saturated rings. The molecule has 16 heavy (non-hydrogen) atoms. The van der Waals surface area contributed by atoms with Crippen molar-refractivity contribution < 1.29 is 13.2 Å². The Morgan fingerprint density at radius 1 is 1.25 bits per heavy atom. The van der Waals surface area contributed by atoms with Crippen LogP contribution >= 0.6 is 11.8 Å². The molecule has 90 valence electrons. The van der Waals surface area contributed by atoms with Gasteiger partial charge in [0.05, 0.1) is 0 Å². The van der Waals surface area contributed by atoms with Crippen molar-refractivity contribution >= 4 is 11.8 Å². The van der Waals surface area contributed by atoms with Crippen LogP contribution in [0.5, 0.6) is 0 Å². The van der Waals surface area contributed by atoms with Crippen LogP contribution in [-0.4, -0.2) is 18.0 Å². The fourth-order valence-electron chi connectivity index (χ4n) is 1.20. The second-order valence-electron chi connectivity index (χ2n) is 3.63. The van der Waals surface area contributed by atoms with Crippen molar-refractivity contribution in [3.05, 3.63) is 29.3 Å². The minimum absolute atomic E-state index is 0.402. The van der Waals surface area contributed by atoms with E-state index in [-0.39, 0.29) is 0 Å². The van der Waals surface area contributed by atoms with Gasteiger partial charge in [-0.25, -0.2) is 0 Å². The second kappa shape index (κ2) is 5.10. The summed E-state index contributed by atoms with van der Waals surface area (Å²) in [6, 6.07) is 5.28. The lowest BCUT2D eigenvalue weighted by Gasteiger charge is -2.18. The fraction of sp³-hybridized carbons (Fsp3) is 0.455. The molecule has 2 N–H and O–H groups in total. The molecular weight excluding hydrogens is 235 g/mol. The van der Waals surface area contributed by atoms with E-state index in [1.54, 1.807) is 12.1 Å². The number of rotatable bonds is 3. The molecule has 1 rings (SSSR count). The van der Waals surface area contributed by atoms with Crippen molar-refractivity contribution in [1.29, 1.82) is 0 Å². The first-order chi connectivity index (χ1) is 7.34. The Balaban J connectivity index is 2.83. The first kappa shape index (κ1) is 13.4. The van der Waals surface area contributed by atoms with Gasteiger partial charge in [0.15, 0.2) is 0 Å². The van der Waals surface area contributed by atoms with Crippen LogP contribution in [0.4, 0.5) is 13.2 Å². The molecule has 1 nitrogen and oxygen atoms in total.